The predicted octanol–water partition coefficient (Wildman–Crippen LogP) is 1.24. The van der Waals surface area contributed by atoms with E-state index in [1.165, 1.54) is 6.42 Å². The van der Waals surface area contributed by atoms with Crippen molar-refractivity contribution in [3.8, 4) is 0 Å². The molecule has 0 radical (unpaired) electrons. The Morgan fingerprint density at radius 3 is 2.86 bits per heavy atom. The second-order valence-corrected chi connectivity index (χ2v) is 4.26. The van der Waals surface area contributed by atoms with E-state index >= 15 is 0 Å². The molecule has 3 nitrogen and oxygen atoms in total. The van der Waals surface area contributed by atoms with Crippen molar-refractivity contribution < 1.29 is 4.79 Å². The summed E-state index contributed by atoms with van der Waals surface area (Å²) in [4.78, 5) is 13.8. The van der Waals surface area contributed by atoms with Crippen LogP contribution < -0.4 is 5.32 Å². The van der Waals surface area contributed by atoms with Crippen LogP contribution in [0.5, 0.6) is 0 Å². The van der Waals surface area contributed by atoms with Crippen LogP contribution >= 0.6 is 0 Å². The monoisotopic (exact) mass is 198 g/mol. The summed E-state index contributed by atoms with van der Waals surface area (Å²) < 4.78 is 0. The molecule has 0 saturated carbocycles. The molecule has 1 aliphatic rings. The number of rotatable bonds is 3. The van der Waals surface area contributed by atoms with Crippen LogP contribution in [0.1, 0.15) is 33.1 Å². The first-order valence-corrected chi connectivity index (χ1v) is 5.64. The van der Waals surface area contributed by atoms with Crippen molar-refractivity contribution in [3.63, 3.8) is 0 Å². The molecule has 1 amide bonds. The molecule has 0 aromatic rings. The number of nitrogens with zero attached hydrogens (tertiary/aromatic N) is 1. The lowest BCUT2D eigenvalue weighted by Gasteiger charge is -2.33. The molecular formula is C11H22N2O. The fourth-order valence-electron chi connectivity index (χ4n) is 1.87. The van der Waals surface area contributed by atoms with Crippen LogP contribution in [-0.2, 0) is 4.79 Å². The standard InChI is InChI=1S/C11H22N2O/c1-4-9(2)11(14)13(3)10-6-5-7-12-8-10/h9-10,12H,4-8H2,1-3H3. The number of carbonyl (C=O) groups excluding carboxylic acids is 1. The lowest BCUT2D eigenvalue weighted by molar-refractivity contribution is -0.136. The molecule has 1 N–H and O–H groups in total. The summed E-state index contributed by atoms with van der Waals surface area (Å²) in [7, 11) is 1.94. The predicted molar refractivity (Wildman–Crippen MR) is 58.1 cm³/mol. The van der Waals surface area contributed by atoms with E-state index in [1.807, 2.05) is 18.9 Å². The SMILES string of the molecule is CCC(C)C(=O)N(C)C1CCCNC1. The zero-order valence-electron chi connectivity index (χ0n) is 9.55. The molecule has 0 aromatic heterocycles. The van der Waals surface area contributed by atoms with E-state index in [2.05, 4.69) is 12.2 Å². The van der Waals surface area contributed by atoms with Crippen molar-refractivity contribution >= 4 is 5.91 Å². The van der Waals surface area contributed by atoms with Crippen LogP contribution in [0.2, 0.25) is 0 Å². The Morgan fingerprint density at radius 2 is 2.36 bits per heavy atom. The first-order chi connectivity index (χ1) is 6.66. The van der Waals surface area contributed by atoms with Crippen molar-refractivity contribution in [2.45, 2.75) is 39.2 Å². The fourth-order valence-corrected chi connectivity index (χ4v) is 1.87. The number of nitrogens with one attached hydrogen (secondary N) is 1. The van der Waals surface area contributed by atoms with Gasteiger partial charge in [0.2, 0.25) is 5.91 Å². The van der Waals surface area contributed by atoms with E-state index in [4.69, 9.17) is 0 Å². The second-order valence-electron chi connectivity index (χ2n) is 4.26. The molecule has 82 valence electrons. The minimum Gasteiger partial charge on any atom is -0.341 e. The van der Waals surface area contributed by atoms with E-state index < -0.39 is 0 Å². The second kappa shape index (κ2) is 5.35. The van der Waals surface area contributed by atoms with Gasteiger partial charge < -0.3 is 10.2 Å². The minimum absolute atomic E-state index is 0.168. The van der Waals surface area contributed by atoms with Gasteiger partial charge in [0.05, 0.1) is 0 Å². The van der Waals surface area contributed by atoms with Crippen LogP contribution in [0.25, 0.3) is 0 Å². The molecule has 0 aromatic carbocycles. The molecule has 1 fully saturated rings. The van der Waals surface area contributed by atoms with Crippen LogP contribution in [0.15, 0.2) is 0 Å². The molecule has 14 heavy (non-hydrogen) atoms. The number of carbonyl (C=O) groups is 1. The molecule has 1 saturated heterocycles. The van der Waals surface area contributed by atoms with Crippen molar-refractivity contribution in [1.29, 1.82) is 0 Å². The van der Waals surface area contributed by atoms with Crippen LogP contribution in [0, 0.1) is 5.92 Å². The van der Waals surface area contributed by atoms with Gasteiger partial charge in [0.25, 0.3) is 0 Å². The molecular weight excluding hydrogens is 176 g/mol. The van der Waals surface area contributed by atoms with Gasteiger partial charge in [-0.1, -0.05) is 13.8 Å². The van der Waals surface area contributed by atoms with Gasteiger partial charge in [-0.3, -0.25) is 4.79 Å². The Hall–Kier alpha value is -0.570. The normalized spacial score (nSPS) is 24.4. The van der Waals surface area contributed by atoms with E-state index in [9.17, 15) is 4.79 Å². The van der Waals surface area contributed by atoms with E-state index in [0.717, 1.165) is 25.9 Å². The third-order valence-corrected chi connectivity index (χ3v) is 3.20. The van der Waals surface area contributed by atoms with Gasteiger partial charge in [0.15, 0.2) is 0 Å². The average Bonchev–Trinajstić information content (AvgIpc) is 2.27. The first-order valence-electron chi connectivity index (χ1n) is 5.64. The maximum absolute atomic E-state index is 11.9. The van der Waals surface area contributed by atoms with Crippen molar-refractivity contribution in [3.05, 3.63) is 0 Å². The number of amides is 1. The first kappa shape index (κ1) is 11.5. The summed E-state index contributed by atoms with van der Waals surface area (Å²) in [5, 5.41) is 3.33. The van der Waals surface area contributed by atoms with Gasteiger partial charge in [-0.05, 0) is 25.8 Å². The van der Waals surface area contributed by atoms with Crippen molar-refractivity contribution in [2.75, 3.05) is 20.1 Å². The Balaban J connectivity index is 2.45. The van der Waals surface area contributed by atoms with Crippen LogP contribution in [0.3, 0.4) is 0 Å². The van der Waals surface area contributed by atoms with Crippen molar-refractivity contribution in [1.82, 2.24) is 10.2 Å². The third kappa shape index (κ3) is 2.71. The van der Waals surface area contributed by atoms with Crippen LogP contribution in [-0.4, -0.2) is 37.0 Å². The number of hydrogen-bond donors (Lipinski definition) is 1. The molecule has 0 spiro atoms. The number of likely N-dealkylation sites (N-methyl/N-ethyl adjacent to an activating group) is 1. The quantitative estimate of drug-likeness (QED) is 0.740. The Bertz CT molecular complexity index is 188. The molecule has 2 atom stereocenters. The molecule has 1 rings (SSSR count). The molecule has 1 heterocycles. The topological polar surface area (TPSA) is 32.3 Å². The third-order valence-electron chi connectivity index (χ3n) is 3.20. The summed E-state index contributed by atoms with van der Waals surface area (Å²) in [5.41, 5.74) is 0. The Labute approximate surface area is 86.9 Å². The molecule has 0 bridgehead atoms. The highest BCUT2D eigenvalue weighted by Gasteiger charge is 2.24. The fraction of sp³-hybridized carbons (Fsp3) is 0.909. The van der Waals surface area contributed by atoms with Crippen molar-refractivity contribution in [2.24, 2.45) is 5.92 Å². The van der Waals surface area contributed by atoms with Gasteiger partial charge in [0.1, 0.15) is 0 Å². The van der Waals surface area contributed by atoms with Gasteiger partial charge in [-0.2, -0.15) is 0 Å². The summed E-state index contributed by atoms with van der Waals surface area (Å²) in [6.45, 7) is 6.13. The summed E-state index contributed by atoms with van der Waals surface area (Å²) in [6, 6.07) is 0.408. The maximum atomic E-state index is 11.9. The average molecular weight is 198 g/mol. The lowest BCUT2D eigenvalue weighted by Crippen LogP contribution is -2.48. The largest absolute Gasteiger partial charge is 0.341 e. The summed E-state index contributed by atoms with van der Waals surface area (Å²) in [6.07, 6.45) is 3.26. The van der Waals surface area contributed by atoms with E-state index in [-0.39, 0.29) is 5.92 Å². The highest BCUT2D eigenvalue weighted by molar-refractivity contribution is 5.78. The number of piperidine rings is 1. The van der Waals surface area contributed by atoms with E-state index in [1.54, 1.807) is 0 Å². The zero-order chi connectivity index (χ0) is 10.6. The molecule has 2 unspecified atom stereocenters. The summed E-state index contributed by atoms with van der Waals surface area (Å²) >= 11 is 0. The van der Waals surface area contributed by atoms with Gasteiger partial charge >= 0.3 is 0 Å². The lowest BCUT2D eigenvalue weighted by atomic mass is 10.0. The Morgan fingerprint density at radius 1 is 1.64 bits per heavy atom. The van der Waals surface area contributed by atoms with Crippen LogP contribution in [0.4, 0.5) is 0 Å². The van der Waals surface area contributed by atoms with E-state index in [0.29, 0.717) is 11.9 Å². The smallest absolute Gasteiger partial charge is 0.225 e. The highest BCUT2D eigenvalue weighted by Crippen LogP contribution is 2.13. The highest BCUT2D eigenvalue weighted by atomic mass is 16.2. The molecule has 1 aliphatic heterocycles. The Kier molecular flexibility index (Phi) is 4.39. The van der Waals surface area contributed by atoms with Gasteiger partial charge in [-0.25, -0.2) is 0 Å². The zero-order valence-corrected chi connectivity index (χ0v) is 9.55. The molecule has 0 aliphatic carbocycles. The molecule has 3 heteroatoms. The number of hydrogen-bond acceptors (Lipinski definition) is 2. The minimum atomic E-state index is 0.168. The maximum Gasteiger partial charge on any atom is 0.225 e. The van der Waals surface area contributed by atoms with Gasteiger partial charge in [0, 0.05) is 25.6 Å². The summed E-state index contributed by atoms with van der Waals surface area (Å²) in [5.74, 6) is 0.461. The van der Waals surface area contributed by atoms with Gasteiger partial charge in [-0.15, -0.1) is 0 Å².